The Morgan fingerprint density at radius 3 is 2.96 bits per heavy atom. The number of aryl methyl sites for hydroxylation is 1. The van der Waals surface area contributed by atoms with Gasteiger partial charge >= 0.3 is 6.18 Å². The lowest BCUT2D eigenvalue weighted by molar-refractivity contribution is -0.141. The molecule has 0 spiro atoms. The molecule has 0 unspecified atom stereocenters. The first-order chi connectivity index (χ1) is 12.4. The van der Waals surface area contributed by atoms with Gasteiger partial charge in [0.2, 0.25) is 5.65 Å². The van der Waals surface area contributed by atoms with Crippen LogP contribution in [0.15, 0.2) is 18.3 Å². The number of hydrogen-bond donors (Lipinski definition) is 2. The van der Waals surface area contributed by atoms with E-state index >= 15 is 0 Å². The monoisotopic (exact) mass is 365 g/mol. The minimum atomic E-state index is -4.44. The Balaban J connectivity index is 1.39. The van der Waals surface area contributed by atoms with E-state index in [1.165, 1.54) is 4.57 Å². The van der Waals surface area contributed by atoms with Crippen LogP contribution in [-0.2, 0) is 19.1 Å². The molecule has 8 nitrogen and oxygen atoms in total. The average Bonchev–Trinajstić information content (AvgIpc) is 3.24. The van der Waals surface area contributed by atoms with Crippen LogP contribution in [0.3, 0.4) is 0 Å². The van der Waals surface area contributed by atoms with E-state index in [2.05, 4.69) is 30.7 Å². The third kappa shape index (κ3) is 3.11. The van der Waals surface area contributed by atoms with Crippen LogP contribution in [0.5, 0.6) is 0 Å². The highest BCUT2D eigenvalue weighted by molar-refractivity contribution is 5.93. The van der Waals surface area contributed by atoms with E-state index < -0.39 is 11.9 Å². The summed E-state index contributed by atoms with van der Waals surface area (Å²) in [5, 5.41) is 12.9. The normalized spacial score (nSPS) is 17.3. The van der Waals surface area contributed by atoms with Gasteiger partial charge in [0, 0.05) is 25.7 Å². The van der Waals surface area contributed by atoms with Crippen molar-refractivity contribution >= 4 is 17.1 Å². The number of aromatic amines is 1. The van der Waals surface area contributed by atoms with E-state index in [-0.39, 0.29) is 17.5 Å². The number of rotatable bonds is 3. The number of nitrogens with one attached hydrogen (secondary N) is 2. The number of carbonyl (C=O) groups excluding carboxylic acids is 1. The van der Waals surface area contributed by atoms with E-state index in [9.17, 15) is 18.0 Å². The van der Waals surface area contributed by atoms with Gasteiger partial charge in [0.1, 0.15) is 17.0 Å². The maximum atomic E-state index is 12.7. The maximum absolute atomic E-state index is 12.7. The molecule has 0 radical (unpaired) electrons. The Bertz CT molecular complexity index is 962. The number of alkyl halides is 3. The number of halogens is 3. The fourth-order valence-electron chi connectivity index (χ4n) is 3.01. The zero-order valence-electron chi connectivity index (χ0n) is 13.4. The number of carbonyl (C=O) groups is 1. The number of pyridine rings is 1. The van der Waals surface area contributed by atoms with Crippen LogP contribution in [0, 0.1) is 5.92 Å². The lowest BCUT2D eigenvalue weighted by Gasteiger charge is -2.23. The lowest BCUT2D eigenvalue weighted by Crippen LogP contribution is -2.34. The number of nitrogens with zero attached hydrogens (tertiary/aromatic N) is 5. The Labute approximate surface area is 144 Å². The fraction of sp³-hybridized carbons (Fsp3) is 0.400. The summed E-state index contributed by atoms with van der Waals surface area (Å²) in [6.45, 7) is 0.727. The predicted octanol–water partition coefficient (Wildman–Crippen LogP) is 1.56. The van der Waals surface area contributed by atoms with Crippen molar-refractivity contribution in [3.05, 3.63) is 35.5 Å². The average molecular weight is 365 g/mol. The first-order valence-electron chi connectivity index (χ1n) is 7.99. The second-order valence-corrected chi connectivity index (χ2v) is 6.17. The Morgan fingerprint density at radius 1 is 1.31 bits per heavy atom. The van der Waals surface area contributed by atoms with E-state index in [0.717, 1.165) is 6.20 Å². The number of aromatic nitrogens is 6. The summed E-state index contributed by atoms with van der Waals surface area (Å²) in [5.74, 6) is 0.0953. The van der Waals surface area contributed by atoms with Crippen LogP contribution in [0.4, 0.5) is 13.2 Å². The van der Waals surface area contributed by atoms with E-state index in [4.69, 9.17) is 0 Å². The van der Waals surface area contributed by atoms with Crippen molar-refractivity contribution in [1.29, 1.82) is 0 Å². The quantitative estimate of drug-likeness (QED) is 0.734. The molecule has 4 rings (SSSR count). The molecule has 3 aromatic heterocycles. The minimum absolute atomic E-state index is 0.0255. The van der Waals surface area contributed by atoms with Crippen LogP contribution in [0.1, 0.15) is 28.4 Å². The van der Waals surface area contributed by atoms with Crippen molar-refractivity contribution in [2.45, 2.75) is 25.6 Å². The van der Waals surface area contributed by atoms with Crippen molar-refractivity contribution in [2.75, 3.05) is 6.54 Å². The molecule has 1 amide bonds. The molecule has 0 aliphatic carbocycles. The molecule has 1 atom stereocenters. The van der Waals surface area contributed by atoms with Crippen LogP contribution in [0.2, 0.25) is 0 Å². The van der Waals surface area contributed by atoms with E-state index in [1.807, 2.05) is 0 Å². The summed E-state index contributed by atoms with van der Waals surface area (Å²) in [6, 6.07) is 3.18. The van der Waals surface area contributed by atoms with Gasteiger partial charge in [0.25, 0.3) is 5.91 Å². The van der Waals surface area contributed by atoms with Crippen molar-refractivity contribution in [1.82, 2.24) is 35.3 Å². The summed E-state index contributed by atoms with van der Waals surface area (Å²) in [4.78, 5) is 20.0. The van der Waals surface area contributed by atoms with Gasteiger partial charge in [-0.05, 0) is 24.5 Å². The van der Waals surface area contributed by atoms with Gasteiger partial charge in [0.15, 0.2) is 5.69 Å². The Morgan fingerprint density at radius 2 is 2.15 bits per heavy atom. The van der Waals surface area contributed by atoms with Gasteiger partial charge in [-0.3, -0.25) is 4.79 Å². The van der Waals surface area contributed by atoms with Gasteiger partial charge < -0.3 is 9.88 Å². The molecule has 0 bridgehead atoms. The molecule has 0 fully saturated rings. The molecule has 11 heteroatoms. The molecule has 4 heterocycles. The summed E-state index contributed by atoms with van der Waals surface area (Å²) in [6.07, 6.45) is -2.31. The Kier molecular flexibility index (Phi) is 3.85. The second-order valence-electron chi connectivity index (χ2n) is 6.17. The molecule has 136 valence electrons. The Hall–Kier alpha value is -2.98. The van der Waals surface area contributed by atoms with Crippen LogP contribution in [0.25, 0.3) is 11.2 Å². The SMILES string of the molecule is O=C(NC[C@@H]1CCc2nc(C(F)(F)F)cn2C1)c1ccc2n[nH]nc2n1. The summed E-state index contributed by atoms with van der Waals surface area (Å²) >= 11 is 0. The van der Waals surface area contributed by atoms with Gasteiger partial charge in [-0.25, -0.2) is 9.97 Å². The molecule has 3 aromatic rings. The van der Waals surface area contributed by atoms with Crippen LogP contribution >= 0.6 is 0 Å². The molecule has 0 aromatic carbocycles. The van der Waals surface area contributed by atoms with Gasteiger partial charge in [-0.1, -0.05) is 0 Å². The minimum Gasteiger partial charge on any atom is -0.350 e. The molecule has 0 saturated heterocycles. The van der Waals surface area contributed by atoms with Gasteiger partial charge in [-0.2, -0.15) is 23.5 Å². The zero-order chi connectivity index (χ0) is 18.3. The smallest absolute Gasteiger partial charge is 0.350 e. The highest BCUT2D eigenvalue weighted by Crippen LogP contribution is 2.30. The summed E-state index contributed by atoms with van der Waals surface area (Å²) < 4.78 is 39.8. The molecule has 1 aliphatic rings. The third-order valence-corrected chi connectivity index (χ3v) is 4.35. The molecular formula is C15H14F3N7O. The number of fused-ring (bicyclic) bond motifs is 2. The van der Waals surface area contributed by atoms with Gasteiger partial charge in [-0.15, -0.1) is 5.10 Å². The number of H-pyrrole nitrogens is 1. The summed E-state index contributed by atoms with van der Waals surface area (Å²) in [7, 11) is 0. The van der Waals surface area contributed by atoms with Crippen LogP contribution < -0.4 is 5.32 Å². The number of amides is 1. The lowest BCUT2D eigenvalue weighted by atomic mass is 9.99. The first-order valence-corrected chi connectivity index (χ1v) is 7.99. The summed E-state index contributed by atoms with van der Waals surface area (Å²) in [5.41, 5.74) is 0.243. The molecular weight excluding hydrogens is 351 g/mol. The largest absolute Gasteiger partial charge is 0.434 e. The highest BCUT2D eigenvalue weighted by Gasteiger charge is 2.35. The van der Waals surface area contributed by atoms with E-state index in [0.29, 0.717) is 42.9 Å². The fourth-order valence-corrected chi connectivity index (χ4v) is 3.01. The second kappa shape index (κ2) is 6.07. The van der Waals surface area contributed by atoms with E-state index in [1.54, 1.807) is 12.1 Å². The molecule has 26 heavy (non-hydrogen) atoms. The maximum Gasteiger partial charge on any atom is 0.434 e. The third-order valence-electron chi connectivity index (χ3n) is 4.35. The molecule has 1 aliphatic heterocycles. The standard InChI is InChI=1S/C15H14F3N7O/c16-15(17,18)11-7-25-6-8(1-4-12(25)21-11)5-19-14(26)10-3-2-9-13(20-10)23-24-22-9/h2-3,7-8H,1,4-6H2,(H,19,26)(H,20,22,23,24)/t8-/m0/s1. The van der Waals surface area contributed by atoms with Crippen molar-refractivity contribution in [2.24, 2.45) is 5.92 Å². The van der Waals surface area contributed by atoms with Gasteiger partial charge in [0.05, 0.1) is 0 Å². The van der Waals surface area contributed by atoms with Crippen molar-refractivity contribution < 1.29 is 18.0 Å². The number of imidazole rings is 1. The first kappa shape index (κ1) is 16.5. The van der Waals surface area contributed by atoms with Crippen LogP contribution in [-0.4, -0.2) is 42.4 Å². The number of hydrogen-bond acceptors (Lipinski definition) is 5. The van der Waals surface area contributed by atoms with Crippen molar-refractivity contribution in [3.8, 4) is 0 Å². The van der Waals surface area contributed by atoms with Crippen molar-refractivity contribution in [3.63, 3.8) is 0 Å². The zero-order valence-corrected chi connectivity index (χ0v) is 13.4. The molecule has 2 N–H and O–H groups in total. The predicted molar refractivity (Wildman–Crippen MR) is 83.1 cm³/mol. The topological polar surface area (TPSA) is 101 Å². The highest BCUT2D eigenvalue weighted by atomic mass is 19.4. The molecule has 0 saturated carbocycles.